The van der Waals surface area contributed by atoms with Crippen molar-refractivity contribution in [2.75, 3.05) is 46.9 Å². The molecule has 0 aliphatic heterocycles. The summed E-state index contributed by atoms with van der Waals surface area (Å²) < 4.78 is 4.96. The molecule has 0 atom stereocenters. The highest BCUT2D eigenvalue weighted by Crippen LogP contribution is 1.99. The summed E-state index contributed by atoms with van der Waals surface area (Å²) in [5.41, 5.74) is 0. The van der Waals surface area contributed by atoms with Crippen LogP contribution in [0.15, 0.2) is 0 Å². The number of nitrogens with zero attached hydrogens (tertiary/aromatic N) is 1. The largest absolute Gasteiger partial charge is 0.383 e. The van der Waals surface area contributed by atoms with E-state index in [2.05, 4.69) is 24.2 Å². The van der Waals surface area contributed by atoms with E-state index in [-0.39, 0.29) is 0 Å². The lowest BCUT2D eigenvalue weighted by Gasteiger charge is -2.16. The fraction of sp³-hybridized carbons (Fsp3) is 1.00. The molecular weight excluding hydrogens is 188 g/mol. The molecule has 0 rings (SSSR count). The average molecular weight is 216 g/mol. The van der Waals surface area contributed by atoms with Gasteiger partial charge in [-0.2, -0.15) is 0 Å². The molecule has 0 bridgehead atoms. The maximum atomic E-state index is 4.96. The molecule has 0 heterocycles. The third kappa shape index (κ3) is 11.8. The van der Waals surface area contributed by atoms with Gasteiger partial charge in [0.2, 0.25) is 0 Å². The Morgan fingerprint density at radius 1 is 1.07 bits per heavy atom. The molecule has 0 fully saturated rings. The van der Waals surface area contributed by atoms with E-state index in [0.29, 0.717) is 0 Å². The zero-order valence-electron chi connectivity index (χ0n) is 10.7. The Morgan fingerprint density at radius 3 is 2.53 bits per heavy atom. The molecule has 0 aliphatic rings. The van der Waals surface area contributed by atoms with Crippen LogP contribution in [0.3, 0.4) is 0 Å². The number of nitrogens with one attached hydrogen (secondary N) is 1. The predicted molar refractivity (Wildman–Crippen MR) is 66.4 cm³/mol. The highest BCUT2D eigenvalue weighted by Gasteiger charge is 1.97. The van der Waals surface area contributed by atoms with Gasteiger partial charge < -0.3 is 15.0 Å². The van der Waals surface area contributed by atoms with Crippen LogP contribution >= 0.6 is 0 Å². The molecule has 1 N–H and O–H groups in total. The third-order valence-corrected chi connectivity index (χ3v) is 2.55. The summed E-state index contributed by atoms with van der Waals surface area (Å²) in [5.74, 6) is 0. The van der Waals surface area contributed by atoms with E-state index < -0.39 is 0 Å². The first kappa shape index (κ1) is 14.9. The number of unbranched alkanes of at least 4 members (excludes halogenated alkanes) is 3. The van der Waals surface area contributed by atoms with E-state index in [4.69, 9.17) is 4.74 Å². The van der Waals surface area contributed by atoms with Gasteiger partial charge >= 0.3 is 0 Å². The number of hydrogen-bond acceptors (Lipinski definition) is 3. The number of ether oxygens (including phenoxy) is 1. The summed E-state index contributed by atoms with van der Waals surface area (Å²) in [5, 5.41) is 3.35. The van der Waals surface area contributed by atoms with E-state index in [0.717, 1.165) is 26.2 Å². The van der Waals surface area contributed by atoms with Crippen LogP contribution in [0, 0.1) is 0 Å². The normalized spacial score (nSPS) is 11.2. The van der Waals surface area contributed by atoms with Crippen LogP contribution in [0.25, 0.3) is 0 Å². The monoisotopic (exact) mass is 216 g/mol. The lowest BCUT2D eigenvalue weighted by atomic mass is 10.2. The lowest BCUT2D eigenvalue weighted by molar-refractivity contribution is 0.197. The van der Waals surface area contributed by atoms with Crippen molar-refractivity contribution in [3.05, 3.63) is 0 Å². The second-order valence-electron chi connectivity index (χ2n) is 4.11. The molecule has 15 heavy (non-hydrogen) atoms. The van der Waals surface area contributed by atoms with Crippen LogP contribution in [0.2, 0.25) is 0 Å². The second kappa shape index (κ2) is 12.0. The zero-order valence-corrected chi connectivity index (χ0v) is 10.7. The minimum Gasteiger partial charge on any atom is -0.383 e. The maximum absolute atomic E-state index is 4.96. The molecule has 92 valence electrons. The lowest BCUT2D eigenvalue weighted by Crippen LogP contribution is -2.31. The molecule has 3 heteroatoms. The van der Waals surface area contributed by atoms with Crippen molar-refractivity contribution in [1.29, 1.82) is 0 Å². The van der Waals surface area contributed by atoms with Crippen LogP contribution in [0.1, 0.15) is 32.6 Å². The van der Waals surface area contributed by atoms with Gasteiger partial charge in [-0.3, -0.25) is 0 Å². The molecule has 0 spiro atoms. The SMILES string of the molecule is CCCCCCN(C)CCNCCOC. The average Bonchev–Trinajstić information content (AvgIpc) is 2.24. The number of likely N-dealkylation sites (N-methyl/N-ethyl adjacent to an activating group) is 1. The highest BCUT2D eigenvalue weighted by molar-refractivity contribution is 4.55. The van der Waals surface area contributed by atoms with Crippen LogP contribution < -0.4 is 5.32 Å². The molecule has 0 unspecified atom stereocenters. The maximum Gasteiger partial charge on any atom is 0.0587 e. The first-order valence-electron chi connectivity index (χ1n) is 6.19. The van der Waals surface area contributed by atoms with Gasteiger partial charge in [0, 0.05) is 26.7 Å². The fourth-order valence-corrected chi connectivity index (χ4v) is 1.49. The van der Waals surface area contributed by atoms with Gasteiger partial charge in [0.15, 0.2) is 0 Å². The number of rotatable bonds is 11. The number of methoxy groups -OCH3 is 1. The van der Waals surface area contributed by atoms with Crippen LogP contribution in [-0.2, 0) is 4.74 Å². The number of hydrogen-bond donors (Lipinski definition) is 1. The molecule has 0 amide bonds. The minimum absolute atomic E-state index is 0.806. The highest BCUT2D eigenvalue weighted by atomic mass is 16.5. The molecular formula is C12H28N2O. The molecule has 0 aromatic heterocycles. The van der Waals surface area contributed by atoms with Gasteiger partial charge in [-0.25, -0.2) is 0 Å². The van der Waals surface area contributed by atoms with Gasteiger partial charge in [-0.1, -0.05) is 26.2 Å². The van der Waals surface area contributed by atoms with Crippen LogP contribution in [0.4, 0.5) is 0 Å². The Hall–Kier alpha value is -0.120. The fourth-order valence-electron chi connectivity index (χ4n) is 1.49. The van der Waals surface area contributed by atoms with Gasteiger partial charge in [0.1, 0.15) is 0 Å². The van der Waals surface area contributed by atoms with Gasteiger partial charge in [-0.15, -0.1) is 0 Å². The van der Waals surface area contributed by atoms with Gasteiger partial charge in [0.25, 0.3) is 0 Å². The van der Waals surface area contributed by atoms with Crippen LogP contribution in [-0.4, -0.2) is 51.8 Å². The van der Waals surface area contributed by atoms with Crippen molar-refractivity contribution < 1.29 is 4.74 Å². The van der Waals surface area contributed by atoms with Gasteiger partial charge in [-0.05, 0) is 20.0 Å². The van der Waals surface area contributed by atoms with Crippen molar-refractivity contribution in [1.82, 2.24) is 10.2 Å². The van der Waals surface area contributed by atoms with E-state index in [1.165, 1.54) is 32.2 Å². The summed E-state index contributed by atoms with van der Waals surface area (Å²) in [4.78, 5) is 2.40. The molecule has 0 saturated heterocycles. The van der Waals surface area contributed by atoms with E-state index in [9.17, 15) is 0 Å². The van der Waals surface area contributed by atoms with Crippen molar-refractivity contribution >= 4 is 0 Å². The predicted octanol–water partition coefficient (Wildman–Crippen LogP) is 1.73. The summed E-state index contributed by atoms with van der Waals surface area (Å²) in [6.45, 7) is 7.44. The van der Waals surface area contributed by atoms with E-state index >= 15 is 0 Å². The van der Waals surface area contributed by atoms with Crippen LogP contribution in [0.5, 0.6) is 0 Å². The Balaban J connectivity index is 3.08. The molecule has 0 saturated carbocycles. The molecule has 0 aliphatic carbocycles. The summed E-state index contributed by atoms with van der Waals surface area (Å²) in [6.07, 6.45) is 5.41. The summed E-state index contributed by atoms with van der Waals surface area (Å²) in [7, 11) is 3.94. The van der Waals surface area contributed by atoms with Crippen molar-refractivity contribution in [2.24, 2.45) is 0 Å². The van der Waals surface area contributed by atoms with Crippen molar-refractivity contribution in [3.63, 3.8) is 0 Å². The first-order valence-corrected chi connectivity index (χ1v) is 6.19. The quantitative estimate of drug-likeness (QED) is 0.532. The molecule has 3 nitrogen and oxygen atoms in total. The Bertz CT molecular complexity index is 120. The Labute approximate surface area is 95.2 Å². The van der Waals surface area contributed by atoms with E-state index in [1.807, 2.05) is 0 Å². The first-order chi connectivity index (χ1) is 7.31. The molecule has 0 aromatic rings. The molecule has 0 radical (unpaired) electrons. The zero-order chi connectivity index (χ0) is 11.4. The standard InChI is InChI=1S/C12H28N2O/c1-4-5-6-7-10-14(2)11-8-13-9-12-15-3/h13H,4-12H2,1-3H3. The van der Waals surface area contributed by atoms with Crippen molar-refractivity contribution in [3.8, 4) is 0 Å². The Morgan fingerprint density at radius 2 is 1.87 bits per heavy atom. The van der Waals surface area contributed by atoms with E-state index in [1.54, 1.807) is 7.11 Å². The smallest absolute Gasteiger partial charge is 0.0587 e. The third-order valence-electron chi connectivity index (χ3n) is 2.55. The Kier molecular flexibility index (Phi) is 11.9. The topological polar surface area (TPSA) is 24.5 Å². The second-order valence-corrected chi connectivity index (χ2v) is 4.11. The summed E-state index contributed by atoms with van der Waals surface area (Å²) in [6, 6.07) is 0. The summed E-state index contributed by atoms with van der Waals surface area (Å²) >= 11 is 0. The van der Waals surface area contributed by atoms with Crippen molar-refractivity contribution in [2.45, 2.75) is 32.6 Å². The molecule has 0 aromatic carbocycles. The van der Waals surface area contributed by atoms with Gasteiger partial charge in [0.05, 0.1) is 6.61 Å². The minimum atomic E-state index is 0.806.